The van der Waals surface area contributed by atoms with E-state index in [1.54, 1.807) is 10.9 Å². The van der Waals surface area contributed by atoms with Crippen molar-refractivity contribution in [1.29, 1.82) is 0 Å². The van der Waals surface area contributed by atoms with Crippen molar-refractivity contribution in [2.45, 2.75) is 19.9 Å². The van der Waals surface area contributed by atoms with Crippen LogP contribution in [0.2, 0.25) is 0 Å². The van der Waals surface area contributed by atoms with E-state index in [9.17, 15) is 4.79 Å². The largest absolute Gasteiger partial charge is 0.353 e. The van der Waals surface area contributed by atoms with Gasteiger partial charge in [0, 0.05) is 18.9 Å². The van der Waals surface area contributed by atoms with E-state index in [2.05, 4.69) is 22.7 Å². The summed E-state index contributed by atoms with van der Waals surface area (Å²) < 4.78 is 1.79. The molecule has 0 fully saturated rings. The molecule has 0 aliphatic heterocycles. The van der Waals surface area contributed by atoms with E-state index >= 15 is 0 Å². The van der Waals surface area contributed by atoms with Crippen molar-refractivity contribution >= 4 is 5.91 Å². The maximum absolute atomic E-state index is 11.2. The molecule has 0 spiro atoms. The van der Waals surface area contributed by atoms with Crippen LogP contribution >= 0.6 is 0 Å². The Labute approximate surface area is 89.9 Å². The Balaban J connectivity index is 2.02. The van der Waals surface area contributed by atoms with E-state index in [1.807, 2.05) is 12.3 Å². The minimum Gasteiger partial charge on any atom is -0.353 e. The second-order valence-corrected chi connectivity index (χ2v) is 3.30. The molecule has 1 amide bonds. The second-order valence-electron chi connectivity index (χ2n) is 3.30. The highest BCUT2D eigenvalue weighted by atomic mass is 16.1. The molecule has 0 atom stereocenters. The monoisotopic (exact) mass is 210 g/mol. The van der Waals surface area contributed by atoms with E-state index < -0.39 is 0 Å². The van der Waals surface area contributed by atoms with E-state index in [1.165, 1.54) is 0 Å². The van der Waals surface area contributed by atoms with E-state index in [-0.39, 0.29) is 5.91 Å². The first-order valence-corrected chi connectivity index (χ1v) is 5.27. The lowest BCUT2D eigenvalue weighted by molar-refractivity contribution is -0.120. The fraction of sp³-hybridized carbons (Fsp3) is 0.600. The number of nitrogens with one attached hydrogen (secondary N) is 2. The number of amides is 1. The number of aromatic nitrogens is 2. The molecule has 0 radical (unpaired) electrons. The average Bonchev–Trinajstić information content (AvgIpc) is 2.71. The van der Waals surface area contributed by atoms with Gasteiger partial charge in [0.05, 0.1) is 13.1 Å². The maximum Gasteiger partial charge on any atom is 0.234 e. The first-order chi connectivity index (χ1) is 7.33. The highest BCUT2D eigenvalue weighted by Crippen LogP contribution is 1.82. The Kier molecular flexibility index (Phi) is 5.47. The molecule has 0 saturated heterocycles. The smallest absolute Gasteiger partial charge is 0.234 e. The molecule has 84 valence electrons. The fourth-order valence-electron chi connectivity index (χ4n) is 1.18. The summed E-state index contributed by atoms with van der Waals surface area (Å²) in [4.78, 5) is 11.2. The molecule has 1 heterocycles. The zero-order chi connectivity index (χ0) is 10.9. The zero-order valence-corrected chi connectivity index (χ0v) is 9.07. The van der Waals surface area contributed by atoms with Crippen molar-refractivity contribution in [3.8, 4) is 0 Å². The van der Waals surface area contributed by atoms with Gasteiger partial charge in [-0.25, -0.2) is 0 Å². The summed E-state index contributed by atoms with van der Waals surface area (Å²) >= 11 is 0. The molecule has 0 aliphatic rings. The minimum absolute atomic E-state index is 0.0376. The normalized spacial score (nSPS) is 10.2. The van der Waals surface area contributed by atoms with Crippen molar-refractivity contribution in [3.05, 3.63) is 18.5 Å². The van der Waals surface area contributed by atoms with Crippen LogP contribution in [0.25, 0.3) is 0 Å². The summed E-state index contributed by atoms with van der Waals surface area (Å²) in [5.41, 5.74) is 0. The molecular weight excluding hydrogens is 192 g/mol. The molecular formula is C10H18N4O. The lowest BCUT2D eigenvalue weighted by Crippen LogP contribution is -2.35. The number of nitrogens with zero attached hydrogens (tertiary/aromatic N) is 2. The Morgan fingerprint density at radius 1 is 1.47 bits per heavy atom. The van der Waals surface area contributed by atoms with Gasteiger partial charge in [0.15, 0.2) is 0 Å². The van der Waals surface area contributed by atoms with Crippen LogP contribution in [-0.4, -0.2) is 35.3 Å². The number of rotatable bonds is 7. The van der Waals surface area contributed by atoms with Crippen LogP contribution in [0.15, 0.2) is 18.5 Å². The molecule has 15 heavy (non-hydrogen) atoms. The molecule has 1 aromatic heterocycles. The summed E-state index contributed by atoms with van der Waals surface area (Å²) in [5, 5.41) is 9.90. The second kappa shape index (κ2) is 7.00. The molecule has 2 N–H and O–H groups in total. The van der Waals surface area contributed by atoms with Gasteiger partial charge in [-0.2, -0.15) is 5.10 Å². The molecule has 5 nitrogen and oxygen atoms in total. The van der Waals surface area contributed by atoms with Gasteiger partial charge in [0.1, 0.15) is 0 Å². The topological polar surface area (TPSA) is 59.0 Å². The quantitative estimate of drug-likeness (QED) is 0.623. The first kappa shape index (κ1) is 11.7. The molecule has 0 bridgehead atoms. The van der Waals surface area contributed by atoms with Crippen molar-refractivity contribution in [2.24, 2.45) is 0 Å². The van der Waals surface area contributed by atoms with Gasteiger partial charge in [-0.3, -0.25) is 9.48 Å². The van der Waals surface area contributed by atoms with Crippen LogP contribution in [0.4, 0.5) is 0 Å². The summed E-state index contributed by atoms with van der Waals surface area (Å²) in [6.07, 6.45) is 4.65. The maximum atomic E-state index is 11.2. The van der Waals surface area contributed by atoms with Gasteiger partial charge in [0.2, 0.25) is 5.91 Å². The van der Waals surface area contributed by atoms with Crippen LogP contribution in [0.1, 0.15) is 13.3 Å². The lowest BCUT2D eigenvalue weighted by Gasteiger charge is -2.05. The van der Waals surface area contributed by atoms with E-state index in [4.69, 9.17) is 0 Å². The first-order valence-electron chi connectivity index (χ1n) is 5.27. The Hall–Kier alpha value is -1.36. The standard InChI is InChI=1S/C10H18N4O/c1-2-4-11-9-10(15)12-6-8-14-7-3-5-13-14/h3,5,7,11H,2,4,6,8-9H2,1H3,(H,12,15). The molecule has 1 aromatic rings. The summed E-state index contributed by atoms with van der Waals surface area (Å²) in [7, 11) is 0. The molecule has 1 rings (SSSR count). The SMILES string of the molecule is CCCNCC(=O)NCCn1cccn1. The molecule has 0 saturated carbocycles. The van der Waals surface area contributed by atoms with Gasteiger partial charge in [-0.05, 0) is 19.0 Å². The number of carbonyl (C=O) groups is 1. The third kappa shape index (κ3) is 5.17. The zero-order valence-electron chi connectivity index (χ0n) is 9.07. The van der Waals surface area contributed by atoms with Crippen LogP contribution in [0, 0.1) is 0 Å². The van der Waals surface area contributed by atoms with Crippen LogP contribution in [0.5, 0.6) is 0 Å². The van der Waals surface area contributed by atoms with Gasteiger partial charge < -0.3 is 10.6 Å². The van der Waals surface area contributed by atoms with Gasteiger partial charge >= 0.3 is 0 Å². The van der Waals surface area contributed by atoms with E-state index in [0.717, 1.165) is 13.0 Å². The van der Waals surface area contributed by atoms with Crippen molar-refractivity contribution in [1.82, 2.24) is 20.4 Å². The van der Waals surface area contributed by atoms with Crippen LogP contribution in [-0.2, 0) is 11.3 Å². The molecule has 0 unspecified atom stereocenters. The predicted octanol–water partition coefficient (Wildman–Crippen LogP) is -0.00110. The summed E-state index contributed by atoms with van der Waals surface area (Å²) in [6, 6.07) is 1.87. The van der Waals surface area contributed by atoms with Crippen LogP contribution < -0.4 is 10.6 Å². The van der Waals surface area contributed by atoms with Gasteiger partial charge in [-0.15, -0.1) is 0 Å². The summed E-state index contributed by atoms with van der Waals surface area (Å²) in [5.74, 6) is 0.0376. The van der Waals surface area contributed by atoms with Crippen molar-refractivity contribution in [3.63, 3.8) is 0 Å². The minimum atomic E-state index is 0.0376. The third-order valence-electron chi connectivity index (χ3n) is 1.93. The highest BCUT2D eigenvalue weighted by molar-refractivity contribution is 5.77. The van der Waals surface area contributed by atoms with Gasteiger partial charge in [-0.1, -0.05) is 6.92 Å². The Morgan fingerprint density at radius 2 is 2.33 bits per heavy atom. The van der Waals surface area contributed by atoms with Crippen molar-refractivity contribution < 1.29 is 4.79 Å². The van der Waals surface area contributed by atoms with Crippen LogP contribution in [0.3, 0.4) is 0 Å². The third-order valence-corrected chi connectivity index (χ3v) is 1.93. The summed E-state index contributed by atoms with van der Waals surface area (Å²) in [6.45, 7) is 4.68. The fourth-order valence-corrected chi connectivity index (χ4v) is 1.18. The number of carbonyl (C=O) groups excluding carboxylic acids is 1. The highest BCUT2D eigenvalue weighted by Gasteiger charge is 1.98. The Bertz CT molecular complexity index is 271. The lowest BCUT2D eigenvalue weighted by atomic mass is 10.4. The average molecular weight is 210 g/mol. The number of hydrogen-bond donors (Lipinski definition) is 2. The van der Waals surface area contributed by atoms with E-state index in [0.29, 0.717) is 19.6 Å². The van der Waals surface area contributed by atoms with Crippen molar-refractivity contribution in [2.75, 3.05) is 19.6 Å². The Morgan fingerprint density at radius 3 is 3.00 bits per heavy atom. The predicted molar refractivity (Wildman–Crippen MR) is 58.4 cm³/mol. The molecule has 0 aliphatic carbocycles. The van der Waals surface area contributed by atoms with Gasteiger partial charge in [0.25, 0.3) is 0 Å². The number of hydrogen-bond acceptors (Lipinski definition) is 3. The molecule has 0 aromatic carbocycles. The molecule has 5 heteroatoms.